The third-order valence-electron chi connectivity index (χ3n) is 3.68. The van der Waals surface area contributed by atoms with Gasteiger partial charge in [0.2, 0.25) is 5.91 Å². The van der Waals surface area contributed by atoms with Crippen molar-refractivity contribution in [3.05, 3.63) is 0 Å². The van der Waals surface area contributed by atoms with Crippen LogP contribution in [0.4, 0.5) is 0 Å². The fourth-order valence-electron chi connectivity index (χ4n) is 2.06. The summed E-state index contributed by atoms with van der Waals surface area (Å²) >= 11 is 0. The topological polar surface area (TPSA) is 92.4 Å². The fourth-order valence-corrected chi connectivity index (χ4v) is 2.06. The molecule has 0 aliphatic rings. The standard InChI is InChI=1S/C14H28N2O3/c1-5-6-7-9(2)10(3)12(8-13(17)18)16-14(19)11(4)15/h9-12H,5-8,15H2,1-4H3,(H,16,19)(H,17,18)/t9-,10-,11+,12-/m1/s1. The van der Waals surface area contributed by atoms with Gasteiger partial charge >= 0.3 is 5.97 Å². The van der Waals surface area contributed by atoms with Gasteiger partial charge < -0.3 is 16.2 Å². The minimum Gasteiger partial charge on any atom is -0.481 e. The summed E-state index contributed by atoms with van der Waals surface area (Å²) in [5.41, 5.74) is 5.51. The molecule has 0 fully saturated rings. The molecule has 0 rings (SSSR count). The monoisotopic (exact) mass is 272 g/mol. The predicted octanol–water partition coefficient (Wildman–Crippen LogP) is 1.76. The molecule has 0 aliphatic carbocycles. The maximum atomic E-state index is 11.6. The number of unbranched alkanes of at least 4 members (excludes halogenated alkanes) is 1. The Morgan fingerprint density at radius 1 is 1.26 bits per heavy atom. The molecule has 0 heterocycles. The molecule has 19 heavy (non-hydrogen) atoms. The minimum absolute atomic E-state index is 0.0594. The summed E-state index contributed by atoms with van der Waals surface area (Å²) in [6.07, 6.45) is 3.22. The van der Waals surface area contributed by atoms with Crippen LogP contribution < -0.4 is 11.1 Å². The van der Waals surface area contributed by atoms with E-state index in [0.717, 1.165) is 19.3 Å². The van der Waals surface area contributed by atoms with Crippen molar-refractivity contribution in [3.8, 4) is 0 Å². The number of carboxylic acids is 1. The van der Waals surface area contributed by atoms with Crippen molar-refractivity contribution < 1.29 is 14.7 Å². The minimum atomic E-state index is -0.899. The number of amides is 1. The van der Waals surface area contributed by atoms with Crippen molar-refractivity contribution in [3.63, 3.8) is 0 Å². The van der Waals surface area contributed by atoms with Gasteiger partial charge in [-0.25, -0.2) is 0 Å². The third-order valence-corrected chi connectivity index (χ3v) is 3.68. The van der Waals surface area contributed by atoms with Gasteiger partial charge in [-0.05, 0) is 18.8 Å². The highest BCUT2D eigenvalue weighted by Gasteiger charge is 2.26. The lowest BCUT2D eigenvalue weighted by molar-refractivity contribution is -0.138. The van der Waals surface area contributed by atoms with E-state index in [1.54, 1.807) is 6.92 Å². The van der Waals surface area contributed by atoms with Gasteiger partial charge in [0.1, 0.15) is 0 Å². The molecular formula is C14H28N2O3. The number of carboxylic acid groups (broad SMARTS) is 1. The largest absolute Gasteiger partial charge is 0.481 e. The van der Waals surface area contributed by atoms with Crippen LogP contribution in [0.3, 0.4) is 0 Å². The summed E-state index contributed by atoms with van der Waals surface area (Å²) in [5, 5.41) is 11.7. The number of nitrogens with two attached hydrogens (primary N) is 1. The van der Waals surface area contributed by atoms with Crippen molar-refractivity contribution in [2.24, 2.45) is 17.6 Å². The number of carbonyl (C=O) groups excluding carboxylic acids is 1. The molecule has 0 aromatic carbocycles. The lowest BCUT2D eigenvalue weighted by atomic mass is 9.84. The second kappa shape index (κ2) is 8.91. The first-order valence-corrected chi connectivity index (χ1v) is 7.07. The molecule has 0 aromatic heterocycles. The first-order valence-electron chi connectivity index (χ1n) is 7.07. The summed E-state index contributed by atoms with van der Waals surface area (Å²) in [5.74, 6) is -0.701. The lowest BCUT2D eigenvalue weighted by Crippen LogP contribution is -2.48. The third kappa shape index (κ3) is 7.15. The van der Waals surface area contributed by atoms with Crippen LogP contribution in [0.15, 0.2) is 0 Å². The molecule has 0 spiro atoms. The summed E-state index contributed by atoms with van der Waals surface area (Å²) < 4.78 is 0. The molecule has 0 bridgehead atoms. The predicted molar refractivity (Wildman–Crippen MR) is 75.7 cm³/mol. The smallest absolute Gasteiger partial charge is 0.305 e. The Balaban J connectivity index is 4.63. The van der Waals surface area contributed by atoms with Crippen LogP contribution in [0.1, 0.15) is 53.4 Å². The van der Waals surface area contributed by atoms with Gasteiger partial charge in [-0.1, -0.05) is 40.0 Å². The summed E-state index contributed by atoms with van der Waals surface area (Å²) in [6, 6.07) is -0.975. The van der Waals surface area contributed by atoms with Gasteiger partial charge in [-0.3, -0.25) is 9.59 Å². The van der Waals surface area contributed by atoms with E-state index in [0.29, 0.717) is 5.92 Å². The maximum absolute atomic E-state index is 11.6. The summed E-state index contributed by atoms with van der Waals surface area (Å²) in [6.45, 7) is 7.82. The van der Waals surface area contributed by atoms with Crippen LogP contribution in [0.2, 0.25) is 0 Å². The van der Waals surface area contributed by atoms with E-state index in [1.807, 2.05) is 6.92 Å². The normalized spacial score (nSPS) is 17.3. The lowest BCUT2D eigenvalue weighted by Gasteiger charge is -2.29. The zero-order chi connectivity index (χ0) is 15.0. The van der Waals surface area contributed by atoms with Crippen molar-refractivity contribution in [2.45, 2.75) is 65.5 Å². The van der Waals surface area contributed by atoms with Gasteiger partial charge in [0.15, 0.2) is 0 Å². The zero-order valence-electron chi connectivity index (χ0n) is 12.5. The van der Waals surface area contributed by atoms with E-state index in [4.69, 9.17) is 10.8 Å². The van der Waals surface area contributed by atoms with Crippen LogP contribution in [0, 0.1) is 11.8 Å². The first-order chi connectivity index (χ1) is 8.79. The average molecular weight is 272 g/mol. The molecule has 112 valence electrons. The second-order valence-corrected chi connectivity index (χ2v) is 5.48. The number of nitrogens with one attached hydrogen (secondary N) is 1. The van der Waals surface area contributed by atoms with E-state index in [1.165, 1.54) is 0 Å². The van der Waals surface area contributed by atoms with Crippen LogP contribution in [0.25, 0.3) is 0 Å². The van der Waals surface area contributed by atoms with Gasteiger partial charge in [0, 0.05) is 6.04 Å². The number of carbonyl (C=O) groups is 2. The molecule has 4 N–H and O–H groups in total. The molecule has 5 heteroatoms. The van der Waals surface area contributed by atoms with Crippen molar-refractivity contribution >= 4 is 11.9 Å². The maximum Gasteiger partial charge on any atom is 0.305 e. The highest BCUT2D eigenvalue weighted by atomic mass is 16.4. The Kier molecular flexibility index (Phi) is 8.39. The molecule has 4 atom stereocenters. The molecule has 0 aromatic rings. The molecule has 0 unspecified atom stereocenters. The zero-order valence-corrected chi connectivity index (χ0v) is 12.5. The molecular weight excluding hydrogens is 244 g/mol. The van der Waals surface area contributed by atoms with Gasteiger partial charge in [-0.15, -0.1) is 0 Å². The molecule has 0 saturated heterocycles. The van der Waals surface area contributed by atoms with Gasteiger partial charge in [-0.2, -0.15) is 0 Å². The Labute approximate surface area is 115 Å². The SMILES string of the molecule is CCCC[C@@H](C)[C@@H](C)[C@@H](CC(=O)O)NC(=O)[C@H](C)N. The first kappa shape index (κ1) is 17.9. The van der Waals surface area contributed by atoms with Gasteiger partial charge in [0.05, 0.1) is 12.5 Å². The number of hydrogen-bond acceptors (Lipinski definition) is 3. The fraction of sp³-hybridized carbons (Fsp3) is 0.857. The Morgan fingerprint density at radius 3 is 2.26 bits per heavy atom. The van der Waals surface area contributed by atoms with Gasteiger partial charge in [0.25, 0.3) is 0 Å². The van der Waals surface area contributed by atoms with E-state index >= 15 is 0 Å². The van der Waals surface area contributed by atoms with Crippen LogP contribution in [0.5, 0.6) is 0 Å². The second-order valence-electron chi connectivity index (χ2n) is 5.48. The van der Waals surface area contributed by atoms with E-state index in [2.05, 4.69) is 19.2 Å². The Hall–Kier alpha value is -1.10. The van der Waals surface area contributed by atoms with Crippen LogP contribution in [-0.2, 0) is 9.59 Å². The van der Waals surface area contributed by atoms with E-state index in [-0.39, 0.29) is 24.3 Å². The highest BCUT2D eigenvalue weighted by molar-refractivity contribution is 5.82. The Morgan fingerprint density at radius 2 is 1.84 bits per heavy atom. The van der Waals surface area contributed by atoms with Crippen LogP contribution >= 0.6 is 0 Å². The van der Waals surface area contributed by atoms with Crippen molar-refractivity contribution in [1.29, 1.82) is 0 Å². The average Bonchev–Trinajstić information content (AvgIpc) is 2.33. The summed E-state index contributed by atoms with van der Waals surface area (Å²) in [7, 11) is 0. The number of rotatable bonds is 9. The Bertz CT molecular complexity index is 292. The van der Waals surface area contributed by atoms with E-state index < -0.39 is 12.0 Å². The molecule has 0 radical (unpaired) electrons. The molecule has 0 saturated carbocycles. The summed E-state index contributed by atoms with van der Waals surface area (Å²) in [4.78, 5) is 22.6. The quantitative estimate of drug-likeness (QED) is 0.596. The van der Waals surface area contributed by atoms with Crippen molar-refractivity contribution in [1.82, 2.24) is 5.32 Å². The molecule has 0 aliphatic heterocycles. The van der Waals surface area contributed by atoms with Crippen LogP contribution in [-0.4, -0.2) is 29.1 Å². The molecule has 5 nitrogen and oxygen atoms in total. The highest BCUT2D eigenvalue weighted by Crippen LogP contribution is 2.23. The number of hydrogen-bond donors (Lipinski definition) is 3. The van der Waals surface area contributed by atoms with E-state index in [9.17, 15) is 9.59 Å². The molecule has 1 amide bonds. The van der Waals surface area contributed by atoms with Crippen molar-refractivity contribution in [2.75, 3.05) is 0 Å². The number of aliphatic carboxylic acids is 1.